The summed E-state index contributed by atoms with van der Waals surface area (Å²) in [6.07, 6.45) is 0. The summed E-state index contributed by atoms with van der Waals surface area (Å²) in [6.45, 7) is 21.9. The summed E-state index contributed by atoms with van der Waals surface area (Å²) in [5.41, 5.74) is 9.42. The topological polar surface area (TPSA) is 112 Å². The highest BCUT2D eigenvalue weighted by Gasteiger charge is 2.22. The Bertz CT molecular complexity index is 1770. The predicted molar refractivity (Wildman–Crippen MR) is 214 cm³/mol. The molecule has 0 amide bonds. The summed E-state index contributed by atoms with van der Waals surface area (Å²) in [7, 11) is 0. The summed E-state index contributed by atoms with van der Waals surface area (Å²) >= 11 is 0. The molecular formula is C46H58O8. The molecule has 8 nitrogen and oxygen atoms in total. The molecule has 2 N–H and O–H groups in total. The molecule has 0 spiro atoms. The Labute approximate surface area is 321 Å². The van der Waals surface area contributed by atoms with Crippen LogP contribution in [0.4, 0.5) is 0 Å². The SMILES string of the molecule is Cc1cc(-c2cc(C(C)C(=O)OCCOCCOCCOC(=O)C(C)c3ccc(O)c(-c4ccc(C(C)(C)C)c(C)c4)c3)ccc2O)ccc1C(C)(C)C. The number of hydrogen-bond acceptors (Lipinski definition) is 8. The van der Waals surface area contributed by atoms with E-state index in [1.54, 1.807) is 38.1 Å². The number of ether oxygens (including phenoxy) is 4. The van der Waals surface area contributed by atoms with Crippen molar-refractivity contribution in [2.75, 3.05) is 39.6 Å². The quantitative estimate of drug-likeness (QED) is 0.0917. The summed E-state index contributed by atoms with van der Waals surface area (Å²) in [4.78, 5) is 25.6. The van der Waals surface area contributed by atoms with Crippen LogP contribution in [0.1, 0.15) is 101 Å². The molecule has 0 aliphatic heterocycles. The van der Waals surface area contributed by atoms with Crippen molar-refractivity contribution < 1.29 is 38.7 Å². The first kappa shape index (κ1) is 42.1. The van der Waals surface area contributed by atoms with Gasteiger partial charge in [-0.1, -0.05) is 90.1 Å². The maximum Gasteiger partial charge on any atom is 0.313 e. The lowest BCUT2D eigenvalue weighted by Crippen LogP contribution is -2.18. The third-order valence-electron chi connectivity index (χ3n) is 9.76. The maximum absolute atomic E-state index is 12.8. The number of aromatic hydroxyl groups is 2. The molecule has 0 saturated carbocycles. The van der Waals surface area contributed by atoms with Crippen LogP contribution in [0.25, 0.3) is 22.3 Å². The summed E-state index contributed by atoms with van der Waals surface area (Å²) in [6, 6.07) is 22.7. The fraction of sp³-hybridized carbons (Fsp3) is 0.435. The number of phenolic OH excluding ortho intramolecular Hbond substituents is 2. The molecule has 54 heavy (non-hydrogen) atoms. The Balaban J connectivity index is 1.15. The van der Waals surface area contributed by atoms with E-state index in [2.05, 4.69) is 79.7 Å². The number of hydrogen-bond donors (Lipinski definition) is 2. The predicted octanol–water partition coefficient (Wildman–Crippen LogP) is 9.67. The van der Waals surface area contributed by atoms with Crippen molar-refractivity contribution in [1.82, 2.24) is 0 Å². The number of esters is 2. The largest absolute Gasteiger partial charge is 0.507 e. The first-order valence-electron chi connectivity index (χ1n) is 18.8. The highest BCUT2D eigenvalue weighted by atomic mass is 16.6. The third-order valence-corrected chi connectivity index (χ3v) is 9.76. The molecular weight excluding hydrogens is 680 g/mol. The van der Waals surface area contributed by atoms with Gasteiger partial charge in [-0.05, 0) is 107 Å². The van der Waals surface area contributed by atoms with Crippen molar-refractivity contribution >= 4 is 11.9 Å². The Hall–Kier alpha value is -4.66. The average Bonchev–Trinajstić information content (AvgIpc) is 3.10. The highest BCUT2D eigenvalue weighted by Crippen LogP contribution is 2.37. The van der Waals surface area contributed by atoms with Gasteiger partial charge in [0.05, 0.1) is 38.3 Å². The maximum atomic E-state index is 12.8. The van der Waals surface area contributed by atoms with Gasteiger partial charge >= 0.3 is 11.9 Å². The molecule has 8 heteroatoms. The van der Waals surface area contributed by atoms with Crippen molar-refractivity contribution in [2.24, 2.45) is 0 Å². The third kappa shape index (κ3) is 11.0. The van der Waals surface area contributed by atoms with Gasteiger partial charge in [-0.15, -0.1) is 0 Å². The van der Waals surface area contributed by atoms with E-state index in [4.69, 9.17) is 18.9 Å². The molecule has 4 rings (SSSR count). The normalized spacial score (nSPS) is 13.0. The standard InChI is InChI=1S/C46H58O8/c1-29-25-35(11-15-39(29)45(5,6)7)37-27-33(13-17-41(37)47)31(3)43(49)53-23-21-51-19-20-52-22-24-54-44(50)32(4)34-14-18-42(48)38(28-34)36-12-16-40(30(2)26-36)46(8,9)10/h11-18,25-28,31-32,47-48H,19-24H2,1-10H3. The van der Waals surface area contributed by atoms with Crippen LogP contribution < -0.4 is 0 Å². The second kappa shape index (κ2) is 18.1. The lowest BCUT2D eigenvalue weighted by atomic mass is 9.83. The monoisotopic (exact) mass is 738 g/mol. The zero-order valence-corrected chi connectivity index (χ0v) is 33.7. The van der Waals surface area contributed by atoms with Crippen LogP contribution in [-0.4, -0.2) is 61.8 Å². The van der Waals surface area contributed by atoms with E-state index in [1.807, 2.05) is 24.3 Å². The Morgan fingerprint density at radius 2 is 0.889 bits per heavy atom. The number of benzene rings is 4. The molecule has 2 unspecified atom stereocenters. The molecule has 2 atom stereocenters. The van der Waals surface area contributed by atoms with Crippen LogP contribution in [0.3, 0.4) is 0 Å². The van der Waals surface area contributed by atoms with Gasteiger partial charge in [0.2, 0.25) is 0 Å². The molecule has 0 aliphatic rings. The van der Waals surface area contributed by atoms with Gasteiger partial charge in [-0.25, -0.2) is 0 Å². The molecule has 0 aliphatic carbocycles. The van der Waals surface area contributed by atoms with Crippen molar-refractivity contribution in [3.63, 3.8) is 0 Å². The molecule has 0 fully saturated rings. The molecule has 4 aromatic carbocycles. The minimum atomic E-state index is -0.529. The minimum Gasteiger partial charge on any atom is -0.507 e. The van der Waals surface area contributed by atoms with Crippen molar-refractivity contribution in [1.29, 1.82) is 0 Å². The van der Waals surface area contributed by atoms with Gasteiger partial charge in [0.1, 0.15) is 24.7 Å². The van der Waals surface area contributed by atoms with Crippen LogP contribution in [0, 0.1) is 13.8 Å². The summed E-state index contributed by atoms with van der Waals surface area (Å²) in [5.74, 6) is -1.51. The van der Waals surface area contributed by atoms with Gasteiger partial charge in [0.15, 0.2) is 0 Å². The minimum absolute atomic E-state index is 0.0142. The number of carbonyl (C=O) groups excluding carboxylic acids is 2. The van der Waals surface area contributed by atoms with E-state index in [9.17, 15) is 19.8 Å². The second-order valence-electron chi connectivity index (χ2n) is 16.1. The number of phenols is 2. The van der Waals surface area contributed by atoms with Crippen molar-refractivity contribution in [3.05, 3.63) is 106 Å². The van der Waals surface area contributed by atoms with Crippen molar-refractivity contribution in [3.8, 4) is 33.8 Å². The van der Waals surface area contributed by atoms with Gasteiger partial charge in [-0.3, -0.25) is 9.59 Å². The van der Waals surface area contributed by atoms with E-state index >= 15 is 0 Å². The molecule has 290 valence electrons. The van der Waals surface area contributed by atoms with E-state index in [0.29, 0.717) is 24.3 Å². The zero-order chi connectivity index (χ0) is 39.8. The smallest absolute Gasteiger partial charge is 0.313 e. The van der Waals surface area contributed by atoms with Gasteiger partial charge < -0.3 is 29.2 Å². The molecule has 0 radical (unpaired) electrons. The fourth-order valence-corrected chi connectivity index (χ4v) is 6.70. The van der Waals surface area contributed by atoms with Gasteiger partial charge in [-0.2, -0.15) is 0 Å². The first-order chi connectivity index (χ1) is 25.4. The molecule has 0 bridgehead atoms. The first-order valence-corrected chi connectivity index (χ1v) is 18.8. The van der Waals surface area contributed by atoms with E-state index in [-0.39, 0.29) is 60.7 Å². The summed E-state index contributed by atoms with van der Waals surface area (Å²) < 4.78 is 22.0. The number of rotatable bonds is 15. The number of aryl methyl sites for hydroxylation is 2. The molecule has 4 aromatic rings. The van der Waals surface area contributed by atoms with Crippen LogP contribution in [-0.2, 0) is 39.4 Å². The molecule has 0 saturated heterocycles. The van der Waals surface area contributed by atoms with Crippen LogP contribution in [0.15, 0.2) is 72.8 Å². The second-order valence-corrected chi connectivity index (χ2v) is 16.1. The Kier molecular flexibility index (Phi) is 14.1. The van der Waals surface area contributed by atoms with Gasteiger partial charge in [0.25, 0.3) is 0 Å². The van der Waals surface area contributed by atoms with Gasteiger partial charge in [0, 0.05) is 11.1 Å². The highest BCUT2D eigenvalue weighted by molar-refractivity contribution is 5.81. The number of carbonyl (C=O) groups is 2. The Morgan fingerprint density at radius 1 is 0.537 bits per heavy atom. The van der Waals surface area contributed by atoms with E-state index in [1.165, 1.54) is 11.1 Å². The summed E-state index contributed by atoms with van der Waals surface area (Å²) in [5, 5.41) is 21.2. The average molecular weight is 739 g/mol. The van der Waals surface area contributed by atoms with E-state index in [0.717, 1.165) is 33.4 Å². The molecule has 0 heterocycles. The Morgan fingerprint density at radius 3 is 1.22 bits per heavy atom. The molecule has 0 aromatic heterocycles. The van der Waals surface area contributed by atoms with Crippen LogP contribution in [0.2, 0.25) is 0 Å². The van der Waals surface area contributed by atoms with Crippen molar-refractivity contribution in [2.45, 2.75) is 91.9 Å². The van der Waals surface area contributed by atoms with Crippen LogP contribution >= 0.6 is 0 Å². The lowest BCUT2D eigenvalue weighted by Gasteiger charge is -2.22. The fourth-order valence-electron chi connectivity index (χ4n) is 6.70. The van der Waals surface area contributed by atoms with E-state index < -0.39 is 11.8 Å². The lowest BCUT2D eigenvalue weighted by molar-refractivity contribution is -0.148. The zero-order valence-electron chi connectivity index (χ0n) is 33.7. The van der Waals surface area contributed by atoms with Crippen LogP contribution in [0.5, 0.6) is 11.5 Å².